The maximum atomic E-state index is 13.2. The Morgan fingerprint density at radius 1 is 1.00 bits per heavy atom. The first-order valence-corrected chi connectivity index (χ1v) is 14.4. The molecule has 3 rings (SSSR count). The number of benzene rings is 2. The van der Waals surface area contributed by atoms with Gasteiger partial charge < -0.3 is 15.2 Å². The van der Waals surface area contributed by atoms with E-state index < -0.39 is 42.1 Å². The molecule has 0 saturated heterocycles. The van der Waals surface area contributed by atoms with E-state index in [4.69, 9.17) is 16.3 Å². The summed E-state index contributed by atoms with van der Waals surface area (Å²) in [6.07, 6.45) is -5.33. The van der Waals surface area contributed by atoms with E-state index in [1.807, 2.05) is 0 Å². The van der Waals surface area contributed by atoms with Crippen molar-refractivity contribution in [2.45, 2.75) is 77.4 Å². The Morgan fingerprint density at radius 3 is 2.23 bits per heavy atom. The molecule has 43 heavy (non-hydrogen) atoms. The van der Waals surface area contributed by atoms with Crippen molar-refractivity contribution in [1.29, 1.82) is 0 Å². The standard InChI is InChI=1S/C31H35ClF5NO5/c1-30(2,31(35,36)37)27(41)12-7-18-5-10-24(32)22(13-18)25(40)15-20-6-11-26(43-17-28(33)34)23(14-20)29(42)38-21-8-3-19(16-39)4-9-21/h5-6,10-11,13-14,19,21,28,39H,3-4,7-9,12,15-17H2,1-2H3,(H,38,42). The maximum Gasteiger partial charge on any atom is 0.400 e. The molecule has 1 saturated carbocycles. The van der Waals surface area contributed by atoms with Gasteiger partial charge >= 0.3 is 6.18 Å². The van der Waals surface area contributed by atoms with Crippen molar-refractivity contribution >= 4 is 29.1 Å². The zero-order valence-corrected chi connectivity index (χ0v) is 24.7. The number of nitrogens with one attached hydrogen (secondary N) is 1. The van der Waals surface area contributed by atoms with Crippen LogP contribution in [-0.4, -0.2) is 54.4 Å². The largest absolute Gasteiger partial charge is 0.487 e. The average Bonchev–Trinajstić information content (AvgIpc) is 2.95. The van der Waals surface area contributed by atoms with Gasteiger partial charge in [0.2, 0.25) is 0 Å². The zero-order valence-electron chi connectivity index (χ0n) is 23.9. The van der Waals surface area contributed by atoms with Crippen molar-refractivity contribution in [2.75, 3.05) is 13.2 Å². The van der Waals surface area contributed by atoms with Crippen LogP contribution >= 0.6 is 11.6 Å². The molecule has 0 aliphatic heterocycles. The highest BCUT2D eigenvalue weighted by Crippen LogP contribution is 2.39. The number of halogens is 6. The van der Waals surface area contributed by atoms with E-state index in [1.165, 1.54) is 36.4 Å². The van der Waals surface area contributed by atoms with Crippen LogP contribution < -0.4 is 10.1 Å². The SMILES string of the molecule is CC(C)(C(=O)CCc1ccc(Cl)c(C(=O)Cc2ccc(OCC(F)F)c(C(=O)NC3CCC(CO)CC3)c2)c1)C(F)(F)F. The molecule has 0 aromatic heterocycles. The second kappa shape index (κ2) is 14.6. The Morgan fingerprint density at radius 2 is 1.63 bits per heavy atom. The fourth-order valence-corrected chi connectivity index (χ4v) is 5.07. The smallest absolute Gasteiger partial charge is 0.400 e. The third kappa shape index (κ3) is 9.22. The summed E-state index contributed by atoms with van der Waals surface area (Å²) < 4.78 is 70.5. The van der Waals surface area contributed by atoms with Gasteiger partial charge in [-0.3, -0.25) is 14.4 Å². The van der Waals surface area contributed by atoms with E-state index in [0.29, 0.717) is 24.0 Å². The first-order valence-electron chi connectivity index (χ1n) is 14.0. The number of ether oxygens (including phenoxy) is 1. The zero-order chi connectivity index (χ0) is 31.9. The Hall–Kier alpha value is -3.05. The van der Waals surface area contributed by atoms with Crippen molar-refractivity contribution in [2.24, 2.45) is 11.3 Å². The highest BCUT2D eigenvalue weighted by atomic mass is 35.5. The fourth-order valence-electron chi connectivity index (χ4n) is 4.85. The molecule has 6 nitrogen and oxygen atoms in total. The molecule has 0 bridgehead atoms. The van der Waals surface area contributed by atoms with Gasteiger partial charge in [-0.25, -0.2) is 8.78 Å². The third-order valence-corrected chi connectivity index (χ3v) is 8.17. The van der Waals surface area contributed by atoms with Gasteiger partial charge in [0.15, 0.2) is 5.78 Å². The van der Waals surface area contributed by atoms with E-state index in [-0.39, 0.29) is 59.7 Å². The highest BCUT2D eigenvalue weighted by molar-refractivity contribution is 6.34. The van der Waals surface area contributed by atoms with Crippen LogP contribution in [0.15, 0.2) is 36.4 Å². The minimum Gasteiger partial charge on any atom is -0.487 e. The van der Waals surface area contributed by atoms with Crippen LogP contribution in [0.5, 0.6) is 5.75 Å². The molecular weight excluding hydrogens is 597 g/mol. The van der Waals surface area contributed by atoms with Gasteiger partial charge in [-0.15, -0.1) is 0 Å². The number of aliphatic hydroxyl groups is 1. The molecule has 2 N–H and O–H groups in total. The van der Waals surface area contributed by atoms with Crippen molar-refractivity contribution in [3.8, 4) is 5.75 Å². The number of carbonyl (C=O) groups excluding carboxylic acids is 3. The number of aliphatic hydroxyl groups excluding tert-OH is 1. The Balaban J connectivity index is 1.76. The van der Waals surface area contributed by atoms with Gasteiger partial charge in [0.25, 0.3) is 12.3 Å². The van der Waals surface area contributed by atoms with E-state index in [2.05, 4.69) is 5.32 Å². The monoisotopic (exact) mass is 631 g/mol. The van der Waals surface area contributed by atoms with Crippen LogP contribution in [0, 0.1) is 11.3 Å². The Labute approximate surface area is 251 Å². The Bertz CT molecular complexity index is 1310. The van der Waals surface area contributed by atoms with Crippen molar-refractivity contribution < 1.29 is 46.2 Å². The second-order valence-electron chi connectivity index (χ2n) is 11.4. The minimum atomic E-state index is -4.69. The molecule has 0 heterocycles. The molecular formula is C31H35ClF5NO5. The van der Waals surface area contributed by atoms with Crippen LogP contribution in [0.25, 0.3) is 0 Å². The minimum absolute atomic E-state index is 0.0131. The summed E-state index contributed by atoms with van der Waals surface area (Å²) >= 11 is 6.25. The number of Topliss-reactive ketones (excluding diaryl/α,β-unsaturated/α-hetero) is 2. The molecule has 1 aliphatic carbocycles. The second-order valence-corrected chi connectivity index (χ2v) is 11.8. The lowest BCUT2D eigenvalue weighted by molar-refractivity contribution is -0.210. The molecule has 0 unspecified atom stereocenters. The highest BCUT2D eigenvalue weighted by Gasteiger charge is 2.51. The summed E-state index contributed by atoms with van der Waals surface area (Å²) in [5.74, 6) is -1.88. The summed E-state index contributed by atoms with van der Waals surface area (Å²) in [5.41, 5.74) is -1.60. The lowest BCUT2D eigenvalue weighted by Gasteiger charge is -2.28. The average molecular weight is 632 g/mol. The summed E-state index contributed by atoms with van der Waals surface area (Å²) in [4.78, 5) is 38.6. The molecule has 1 aliphatic rings. The van der Waals surface area contributed by atoms with Crippen LogP contribution in [0.3, 0.4) is 0 Å². The quantitative estimate of drug-likeness (QED) is 0.188. The van der Waals surface area contributed by atoms with Gasteiger partial charge in [0, 0.05) is 31.1 Å². The van der Waals surface area contributed by atoms with Crippen molar-refractivity contribution in [3.05, 3.63) is 63.7 Å². The molecule has 1 amide bonds. The summed E-state index contributed by atoms with van der Waals surface area (Å²) in [7, 11) is 0. The number of alkyl halides is 5. The lowest BCUT2D eigenvalue weighted by Crippen LogP contribution is -2.39. The van der Waals surface area contributed by atoms with Crippen LogP contribution in [0.4, 0.5) is 22.0 Å². The van der Waals surface area contributed by atoms with Crippen LogP contribution in [0.1, 0.15) is 77.8 Å². The number of aryl methyl sites for hydroxylation is 1. The van der Waals surface area contributed by atoms with Gasteiger partial charge in [-0.2, -0.15) is 13.2 Å². The first kappa shape index (κ1) is 34.4. The molecule has 236 valence electrons. The molecule has 2 aromatic carbocycles. The Kier molecular flexibility index (Phi) is 11.7. The van der Waals surface area contributed by atoms with Gasteiger partial charge in [-0.05, 0) is 87.3 Å². The lowest BCUT2D eigenvalue weighted by atomic mass is 9.84. The molecule has 0 atom stereocenters. The molecule has 2 aromatic rings. The molecule has 1 fully saturated rings. The number of amides is 1. The van der Waals surface area contributed by atoms with E-state index >= 15 is 0 Å². The summed E-state index contributed by atoms with van der Waals surface area (Å²) in [6.45, 7) is 0.799. The number of hydrogen-bond acceptors (Lipinski definition) is 5. The van der Waals surface area contributed by atoms with E-state index in [0.717, 1.165) is 26.7 Å². The predicted molar refractivity (Wildman–Crippen MR) is 151 cm³/mol. The maximum absolute atomic E-state index is 13.2. The van der Waals surface area contributed by atoms with Crippen molar-refractivity contribution in [1.82, 2.24) is 5.32 Å². The fraction of sp³-hybridized carbons (Fsp3) is 0.516. The summed E-state index contributed by atoms with van der Waals surface area (Å²) in [5, 5.41) is 12.3. The first-order chi connectivity index (χ1) is 20.1. The van der Waals surface area contributed by atoms with Gasteiger partial charge in [0.1, 0.15) is 23.6 Å². The van der Waals surface area contributed by atoms with Gasteiger partial charge in [0.05, 0.1) is 10.6 Å². The van der Waals surface area contributed by atoms with E-state index in [9.17, 15) is 41.4 Å². The van der Waals surface area contributed by atoms with Crippen LogP contribution in [0.2, 0.25) is 5.02 Å². The predicted octanol–water partition coefficient (Wildman–Crippen LogP) is 6.78. The number of ketones is 2. The van der Waals surface area contributed by atoms with Crippen molar-refractivity contribution in [3.63, 3.8) is 0 Å². The molecule has 0 radical (unpaired) electrons. The van der Waals surface area contributed by atoms with Crippen LogP contribution in [-0.2, 0) is 17.6 Å². The topological polar surface area (TPSA) is 92.7 Å². The van der Waals surface area contributed by atoms with E-state index in [1.54, 1.807) is 0 Å². The number of rotatable bonds is 13. The number of carbonyl (C=O) groups is 3. The normalized spacial score (nSPS) is 17.5. The summed E-state index contributed by atoms with van der Waals surface area (Å²) in [6, 6.07) is 8.41. The van der Waals surface area contributed by atoms with Gasteiger partial charge in [-0.1, -0.05) is 23.7 Å². The molecule has 12 heteroatoms. The molecule has 0 spiro atoms. The number of hydrogen-bond donors (Lipinski definition) is 2. The third-order valence-electron chi connectivity index (χ3n) is 7.84.